The lowest BCUT2D eigenvalue weighted by Crippen LogP contribution is -2.36. The van der Waals surface area contributed by atoms with Crippen molar-refractivity contribution in [1.82, 2.24) is 0 Å². The van der Waals surface area contributed by atoms with Gasteiger partial charge in [0.1, 0.15) is 0 Å². The Bertz CT molecular complexity index is 307. The van der Waals surface area contributed by atoms with Crippen LogP contribution in [0.25, 0.3) is 0 Å². The summed E-state index contributed by atoms with van der Waals surface area (Å²) in [6, 6.07) is 7.04. The fourth-order valence-electron chi connectivity index (χ4n) is 1.62. The molecule has 0 atom stereocenters. The molecule has 15 heavy (non-hydrogen) atoms. The summed E-state index contributed by atoms with van der Waals surface area (Å²) in [5.74, 6) is 0. The molecule has 1 aliphatic rings. The monoisotopic (exact) mass is 210 g/mol. The molecule has 0 bridgehead atoms. The van der Waals surface area contributed by atoms with Gasteiger partial charge in [-0.3, -0.25) is 10.4 Å². The van der Waals surface area contributed by atoms with Crippen molar-refractivity contribution >= 4 is 11.4 Å². The first-order valence-corrected chi connectivity index (χ1v) is 4.88. The summed E-state index contributed by atoms with van der Waals surface area (Å²) in [6.45, 7) is 3.24. The van der Waals surface area contributed by atoms with Crippen molar-refractivity contribution in [2.45, 2.75) is 0 Å². The smallest absolute Gasteiger partial charge is 0.0944 e. The second-order valence-corrected chi connectivity index (χ2v) is 3.41. The SMILES string of the molecule is ON(O)c1ccc(N2CCOCC2)cc1. The van der Waals surface area contributed by atoms with Gasteiger partial charge in [-0.05, 0) is 24.3 Å². The molecule has 0 aliphatic carbocycles. The van der Waals surface area contributed by atoms with Crippen LogP contribution in [0.1, 0.15) is 0 Å². The Kier molecular flexibility index (Phi) is 3.05. The molecule has 0 unspecified atom stereocenters. The van der Waals surface area contributed by atoms with Crippen LogP contribution in [0, 0.1) is 0 Å². The van der Waals surface area contributed by atoms with E-state index in [1.807, 2.05) is 12.1 Å². The Morgan fingerprint density at radius 1 is 1.07 bits per heavy atom. The second kappa shape index (κ2) is 4.48. The maximum Gasteiger partial charge on any atom is 0.0944 e. The van der Waals surface area contributed by atoms with Crippen LogP contribution >= 0.6 is 0 Å². The van der Waals surface area contributed by atoms with Gasteiger partial charge in [0.15, 0.2) is 0 Å². The fourth-order valence-corrected chi connectivity index (χ4v) is 1.62. The van der Waals surface area contributed by atoms with Crippen molar-refractivity contribution in [2.75, 3.05) is 36.4 Å². The first-order chi connectivity index (χ1) is 7.27. The van der Waals surface area contributed by atoms with E-state index in [0.717, 1.165) is 32.0 Å². The largest absolute Gasteiger partial charge is 0.378 e. The maximum absolute atomic E-state index is 8.78. The second-order valence-electron chi connectivity index (χ2n) is 3.41. The quantitative estimate of drug-likeness (QED) is 0.716. The average Bonchev–Trinajstić information content (AvgIpc) is 2.30. The van der Waals surface area contributed by atoms with Crippen LogP contribution in [0.2, 0.25) is 0 Å². The van der Waals surface area contributed by atoms with E-state index in [4.69, 9.17) is 15.2 Å². The van der Waals surface area contributed by atoms with Crippen molar-refractivity contribution in [1.29, 1.82) is 0 Å². The molecule has 0 radical (unpaired) electrons. The molecule has 1 fully saturated rings. The molecule has 1 aliphatic heterocycles. The molecule has 0 aromatic heterocycles. The summed E-state index contributed by atoms with van der Waals surface area (Å²) >= 11 is 0. The van der Waals surface area contributed by atoms with Gasteiger partial charge in [-0.1, -0.05) is 0 Å². The van der Waals surface area contributed by atoms with E-state index in [0.29, 0.717) is 5.69 Å². The summed E-state index contributed by atoms with van der Waals surface area (Å²) < 4.78 is 5.25. The van der Waals surface area contributed by atoms with Gasteiger partial charge in [0.05, 0.1) is 18.9 Å². The van der Waals surface area contributed by atoms with Crippen molar-refractivity contribution in [3.63, 3.8) is 0 Å². The minimum absolute atomic E-state index is 0.114. The van der Waals surface area contributed by atoms with E-state index in [-0.39, 0.29) is 5.23 Å². The van der Waals surface area contributed by atoms with Crippen LogP contribution in [-0.2, 0) is 4.74 Å². The predicted molar refractivity (Wildman–Crippen MR) is 55.5 cm³/mol. The van der Waals surface area contributed by atoms with Crippen molar-refractivity contribution in [3.05, 3.63) is 24.3 Å². The highest BCUT2D eigenvalue weighted by Gasteiger charge is 2.11. The molecule has 82 valence electrons. The minimum atomic E-state index is 0.114. The molecule has 0 saturated carbocycles. The van der Waals surface area contributed by atoms with Crippen LogP contribution in [0.4, 0.5) is 11.4 Å². The molecule has 0 amide bonds. The van der Waals surface area contributed by atoms with E-state index in [1.165, 1.54) is 0 Å². The number of hydrogen-bond donors (Lipinski definition) is 2. The molecule has 1 saturated heterocycles. The van der Waals surface area contributed by atoms with Crippen LogP contribution in [0.15, 0.2) is 24.3 Å². The Morgan fingerprint density at radius 2 is 1.67 bits per heavy atom. The van der Waals surface area contributed by atoms with E-state index < -0.39 is 0 Å². The van der Waals surface area contributed by atoms with Crippen LogP contribution in [0.5, 0.6) is 0 Å². The van der Waals surface area contributed by atoms with Gasteiger partial charge in [0.2, 0.25) is 0 Å². The number of nitrogens with zero attached hydrogens (tertiary/aromatic N) is 2. The summed E-state index contributed by atoms with van der Waals surface area (Å²) in [7, 11) is 0. The third kappa shape index (κ3) is 2.38. The Labute approximate surface area is 88.0 Å². The van der Waals surface area contributed by atoms with Gasteiger partial charge in [0.25, 0.3) is 0 Å². The summed E-state index contributed by atoms with van der Waals surface area (Å²) in [4.78, 5) is 2.20. The normalized spacial score (nSPS) is 16.5. The Morgan fingerprint density at radius 3 is 2.20 bits per heavy atom. The Balaban J connectivity index is 2.08. The molecule has 2 rings (SSSR count). The Hall–Kier alpha value is -1.30. The standard InChI is InChI=1S/C10H14N2O3/c13-12(14)10-3-1-9(2-4-10)11-5-7-15-8-6-11/h1-4,13-14H,5-8H2. The predicted octanol–water partition coefficient (Wildman–Crippen LogP) is 1.11. The fraction of sp³-hybridized carbons (Fsp3) is 0.400. The molecule has 2 N–H and O–H groups in total. The van der Waals surface area contributed by atoms with Crippen LogP contribution in [0.3, 0.4) is 0 Å². The molecule has 0 spiro atoms. The average molecular weight is 210 g/mol. The number of ether oxygens (including phenoxy) is 1. The molecule has 1 heterocycles. The number of morpholine rings is 1. The third-order valence-electron chi connectivity index (χ3n) is 2.46. The number of rotatable bonds is 2. The summed E-state index contributed by atoms with van der Waals surface area (Å²) in [5, 5.41) is 17.7. The van der Waals surface area contributed by atoms with E-state index in [1.54, 1.807) is 12.1 Å². The molecule has 5 heteroatoms. The minimum Gasteiger partial charge on any atom is -0.378 e. The van der Waals surface area contributed by atoms with Crippen molar-refractivity contribution in [3.8, 4) is 0 Å². The number of hydrogen-bond acceptors (Lipinski definition) is 5. The zero-order chi connectivity index (χ0) is 10.7. The van der Waals surface area contributed by atoms with Gasteiger partial charge in [-0.25, -0.2) is 0 Å². The van der Waals surface area contributed by atoms with E-state index >= 15 is 0 Å². The highest BCUT2D eigenvalue weighted by atomic mass is 16.8. The number of anilines is 2. The molecule has 5 nitrogen and oxygen atoms in total. The lowest BCUT2D eigenvalue weighted by atomic mass is 10.2. The van der Waals surface area contributed by atoms with Crippen LogP contribution < -0.4 is 10.1 Å². The highest BCUT2D eigenvalue weighted by Crippen LogP contribution is 2.19. The van der Waals surface area contributed by atoms with Crippen LogP contribution in [-0.4, -0.2) is 36.7 Å². The molecule has 1 aromatic carbocycles. The lowest BCUT2D eigenvalue weighted by Gasteiger charge is -2.29. The van der Waals surface area contributed by atoms with Gasteiger partial charge in [-0.2, -0.15) is 0 Å². The third-order valence-corrected chi connectivity index (χ3v) is 2.46. The lowest BCUT2D eigenvalue weighted by molar-refractivity contribution is 0.0291. The summed E-state index contributed by atoms with van der Waals surface area (Å²) in [5.41, 5.74) is 1.43. The molecular weight excluding hydrogens is 196 g/mol. The first kappa shape index (κ1) is 10.2. The first-order valence-electron chi connectivity index (χ1n) is 4.88. The van der Waals surface area contributed by atoms with Gasteiger partial charge >= 0.3 is 0 Å². The number of benzene rings is 1. The van der Waals surface area contributed by atoms with E-state index in [2.05, 4.69) is 4.90 Å². The van der Waals surface area contributed by atoms with Crippen molar-refractivity contribution < 1.29 is 15.2 Å². The zero-order valence-corrected chi connectivity index (χ0v) is 8.33. The topological polar surface area (TPSA) is 56.2 Å². The van der Waals surface area contributed by atoms with Crippen molar-refractivity contribution in [2.24, 2.45) is 0 Å². The van der Waals surface area contributed by atoms with Gasteiger partial charge < -0.3 is 9.64 Å². The molecule has 1 aromatic rings. The molecular formula is C10H14N2O3. The maximum atomic E-state index is 8.78. The van der Waals surface area contributed by atoms with Gasteiger partial charge in [0, 0.05) is 18.8 Å². The van der Waals surface area contributed by atoms with Gasteiger partial charge in [-0.15, -0.1) is 5.23 Å². The highest BCUT2D eigenvalue weighted by molar-refractivity contribution is 5.54. The summed E-state index contributed by atoms with van der Waals surface area (Å²) in [6.07, 6.45) is 0. The van der Waals surface area contributed by atoms with E-state index in [9.17, 15) is 0 Å². The zero-order valence-electron chi connectivity index (χ0n) is 8.33.